The van der Waals surface area contributed by atoms with E-state index in [2.05, 4.69) is 20.4 Å². The van der Waals surface area contributed by atoms with Crippen molar-refractivity contribution in [3.8, 4) is 0 Å². The lowest BCUT2D eigenvalue weighted by Gasteiger charge is -2.09. The van der Waals surface area contributed by atoms with Gasteiger partial charge in [0.2, 0.25) is 0 Å². The predicted octanol–water partition coefficient (Wildman–Crippen LogP) is 0.532. The van der Waals surface area contributed by atoms with Crippen LogP contribution < -0.4 is 5.32 Å². The van der Waals surface area contributed by atoms with Gasteiger partial charge >= 0.3 is 0 Å². The third-order valence-electron chi connectivity index (χ3n) is 2.96. The minimum atomic E-state index is -0.139. The molecule has 0 aliphatic rings. The minimum Gasteiger partial charge on any atom is -0.396 e. The van der Waals surface area contributed by atoms with Gasteiger partial charge in [-0.3, -0.25) is 4.79 Å². The van der Waals surface area contributed by atoms with Gasteiger partial charge in [0.1, 0.15) is 6.33 Å². The zero-order valence-corrected chi connectivity index (χ0v) is 12.8. The molecule has 0 aromatic carbocycles. The number of nitrogens with zero attached hydrogens (tertiary/aromatic N) is 4. The van der Waals surface area contributed by atoms with Gasteiger partial charge in [0, 0.05) is 25.1 Å². The molecule has 0 aliphatic heterocycles. The van der Waals surface area contributed by atoms with Gasteiger partial charge in [-0.2, -0.15) is 21.8 Å². The van der Waals surface area contributed by atoms with Gasteiger partial charge in [0.25, 0.3) is 11.7 Å². The van der Waals surface area contributed by atoms with Crippen LogP contribution in [0.3, 0.4) is 0 Å². The number of carbonyl (C=O) groups is 1. The highest BCUT2D eigenvalue weighted by atomic mass is 32.2. The second kappa shape index (κ2) is 7.94. The van der Waals surface area contributed by atoms with Crippen LogP contribution in [0.25, 0.3) is 5.78 Å². The van der Waals surface area contributed by atoms with Crippen molar-refractivity contribution < 1.29 is 9.90 Å². The Morgan fingerprint density at radius 3 is 3.05 bits per heavy atom. The molecule has 1 amide bonds. The van der Waals surface area contributed by atoms with E-state index in [-0.39, 0.29) is 12.5 Å². The van der Waals surface area contributed by atoms with E-state index in [0.717, 1.165) is 23.6 Å². The van der Waals surface area contributed by atoms with Gasteiger partial charge in [-0.15, -0.1) is 0 Å². The molecular weight excluding hydrogens is 290 g/mol. The van der Waals surface area contributed by atoms with E-state index < -0.39 is 0 Å². The van der Waals surface area contributed by atoms with E-state index in [1.54, 1.807) is 22.5 Å². The summed E-state index contributed by atoms with van der Waals surface area (Å²) < 4.78 is 1.60. The predicted molar refractivity (Wildman–Crippen MR) is 81.5 cm³/mol. The quantitative estimate of drug-likeness (QED) is 0.691. The Morgan fingerprint density at radius 2 is 2.29 bits per heavy atom. The number of aromatic nitrogens is 4. The van der Waals surface area contributed by atoms with E-state index in [9.17, 15) is 4.79 Å². The van der Waals surface area contributed by atoms with E-state index in [1.165, 1.54) is 6.33 Å². The fourth-order valence-corrected chi connectivity index (χ4v) is 2.74. The molecule has 0 unspecified atom stereocenters. The molecular formula is C13H19N5O2S. The van der Waals surface area contributed by atoms with Crippen molar-refractivity contribution in [2.45, 2.75) is 19.8 Å². The first kappa shape index (κ1) is 15.7. The monoisotopic (exact) mass is 309 g/mol. The summed E-state index contributed by atoms with van der Waals surface area (Å²) in [4.78, 5) is 20.4. The average molecular weight is 309 g/mol. The van der Waals surface area contributed by atoms with Crippen molar-refractivity contribution in [2.24, 2.45) is 0 Å². The number of amides is 1. The number of hydrogen-bond acceptors (Lipinski definition) is 6. The molecule has 2 rings (SSSR count). The second-order valence-electron chi connectivity index (χ2n) is 4.39. The summed E-state index contributed by atoms with van der Waals surface area (Å²) in [6.07, 6.45) is 4.44. The Hall–Kier alpha value is -1.67. The summed E-state index contributed by atoms with van der Waals surface area (Å²) in [6, 6.07) is 0. The number of nitrogens with one attached hydrogen (secondary N) is 1. The fraction of sp³-hybridized carbons (Fsp3) is 0.538. The Labute approximate surface area is 127 Å². The molecule has 0 fully saturated rings. The van der Waals surface area contributed by atoms with Crippen LogP contribution >= 0.6 is 11.8 Å². The van der Waals surface area contributed by atoms with Crippen molar-refractivity contribution in [3.05, 3.63) is 23.8 Å². The first-order valence-corrected chi connectivity index (χ1v) is 8.07. The zero-order chi connectivity index (χ0) is 15.1. The van der Waals surface area contributed by atoms with Gasteiger partial charge < -0.3 is 10.4 Å². The van der Waals surface area contributed by atoms with Crippen LogP contribution in [0.2, 0.25) is 0 Å². The number of rotatable bonds is 8. The van der Waals surface area contributed by atoms with Crippen LogP contribution in [0.4, 0.5) is 0 Å². The molecule has 0 bridgehead atoms. The summed E-state index contributed by atoms with van der Waals surface area (Å²) >= 11 is 1.71. The Balaban J connectivity index is 1.96. The molecule has 0 radical (unpaired) electrons. The maximum atomic E-state index is 12.2. The van der Waals surface area contributed by atoms with Gasteiger partial charge in [0.05, 0.1) is 11.3 Å². The van der Waals surface area contributed by atoms with Crippen LogP contribution in [-0.4, -0.2) is 55.3 Å². The summed E-state index contributed by atoms with van der Waals surface area (Å²) in [5, 5.41) is 15.7. The van der Waals surface area contributed by atoms with Gasteiger partial charge in [-0.1, -0.05) is 6.92 Å². The molecule has 2 heterocycles. The average Bonchev–Trinajstić information content (AvgIpc) is 2.98. The summed E-state index contributed by atoms with van der Waals surface area (Å²) in [6.45, 7) is 2.77. The van der Waals surface area contributed by atoms with Crippen molar-refractivity contribution in [2.75, 3.05) is 24.7 Å². The maximum Gasteiger partial charge on any atom is 0.254 e. The standard InChI is InChI=1S/C13H19N5O2S/c1-2-11-10(8-15-13-16-9-17-18(11)13)12(20)14-4-7-21-6-3-5-19/h8-9,19H,2-7H2,1H3,(H,14,20). The fourth-order valence-electron chi connectivity index (χ4n) is 1.96. The highest BCUT2D eigenvalue weighted by Gasteiger charge is 2.15. The number of carbonyl (C=O) groups excluding carboxylic acids is 1. The van der Waals surface area contributed by atoms with Crippen LogP contribution in [0.1, 0.15) is 29.4 Å². The maximum absolute atomic E-state index is 12.2. The summed E-state index contributed by atoms with van der Waals surface area (Å²) in [5.74, 6) is 2.09. The number of aryl methyl sites for hydroxylation is 1. The molecule has 2 aromatic rings. The number of hydrogen-bond donors (Lipinski definition) is 2. The SMILES string of the molecule is CCc1c(C(=O)NCCSCCCO)cnc2ncnn12. The summed E-state index contributed by atoms with van der Waals surface area (Å²) in [5.41, 5.74) is 1.35. The molecule has 2 N–H and O–H groups in total. The molecule has 8 heteroatoms. The van der Waals surface area contributed by atoms with Crippen molar-refractivity contribution >= 4 is 23.4 Å². The molecule has 0 saturated carbocycles. The summed E-state index contributed by atoms with van der Waals surface area (Å²) in [7, 11) is 0. The first-order valence-electron chi connectivity index (χ1n) is 6.92. The number of aliphatic hydroxyl groups excluding tert-OH is 1. The van der Waals surface area contributed by atoms with Crippen molar-refractivity contribution in [1.82, 2.24) is 24.9 Å². The highest BCUT2D eigenvalue weighted by molar-refractivity contribution is 7.99. The first-order chi connectivity index (χ1) is 10.3. The van der Waals surface area contributed by atoms with Crippen LogP contribution in [0.15, 0.2) is 12.5 Å². The molecule has 21 heavy (non-hydrogen) atoms. The Kier molecular flexibility index (Phi) is 5.94. The molecule has 0 atom stereocenters. The molecule has 7 nitrogen and oxygen atoms in total. The van der Waals surface area contributed by atoms with Gasteiger partial charge in [-0.25, -0.2) is 9.50 Å². The number of fused-ring (bicyclic) bond motifs is 1. The van der Waals surface area contributed by atoms with E-state index >= 15 is 0 Å². The van der Waals surface area contributed by atoms with E-state index in [1.807, 2.05) is 6.92 Å². The smallest absolute Gasteiger partial charge is 0.254 e. The largest absolute Gasteiger partial charge is 0.396 e. The molecule has 114 valence electrons. The lowest BCUT2D eigenvalue weighted by Crippen LogP contribution is -2.28. The lowest BCUT2D eigenvalue weighted by molar-refractivity contribution is 0.0954. The highest BCUT2D eigenvalue weighted by Crippen LogP contribution is 2.10. The van der Waals surface area contributed by atoms with E-state index in [0.29, 0.717) is 24.3 Å². The lowest BCUT2D eigenvalue weighted by atomic mass is 10.2. The Morgan fingerprint density at radius 1 is 1.43 bits per heavy atom. The van der Waals surface area contributed by atoms with Gasteiger partial charge in [-0.05, 0) is 18.6 Å². The van der Waals surface area contributed by atoms with E-state index in [4.69, 9.17) is 5.11 Å². The number of thioether (sulfide) groups is 1. The third kappa shape index (κ3) is 3.92. The van der Waals surface area contributed by atoms with Crippen molar-refractivity contribution in [3.63, 3.8) is 0 Å². The second-order valence-corrected chi connectivity index (χ2v) is 5.61. The molecule has 2 aromatic heterocycles. The van der Waals surface area contributed by atoms with Gasteiger partial charge in [0.15, 0.2) is 0 Å². The van der Waals surface area contributed by atoms with Crippen LogP contribution in [-0.2, 0) is 6.42 Å². The minimum absolute atomic E-state index is 0.139. The number of aliphatic hydroxyl groups is 1. The van der Waals surface area contributed by atoms with Crippen molar-refractivity contribution in [1.29, 1.82) is 0 Å². The van der Waals surface area contributed by atoms with Crippen LogP contribution in [0, 0.1) is 0 Å². The molecule has 0 saturated heterocycles. The topological polar surface area (TPSA) is 92.4 Å². The normalized spacial score (nSPS) is 11.0. The Bertz CT molecular complexity index is 601. The molecule has 0 spiro atoms. The third-order valence-corrected chi connectivity index (χ3v) is 4.03. The zero-order valence-electron chi connectivity index (χ0n) is 11.9. The van der Waals surface area contributed by atoms with Crippen LogP contribution in [0.5, 0.6) is 0 Å². The molecule has 0 aliphatic carbocycles.